The maximum Gasteiger partial charge on any atom is 0.156 e. The maximum absolute atomic E-state index is 13.2. The van der Waals surface area contributed by atoms with Crippen LogP contribution in [0.4, 0.5) is 4.39 Å². The highest BCUT2D eigenvalue weighted by atomic mass is 19.1. The van der Waals surface area contributed by atoms with Gasteiger partial charge < -0.3 is 4.98 Å². The van der Waals surface area contributed by atoms with Crippen LogP contribution in [0.3, 0.4) is 0 Å². The zero-order chi connectivity index (χ0) is 20.0. The van der Waals surface area contributed by atoms with Crippen LogP contribution in [0.25, 0.3) is 33.5 Å². The summed E-state index contributed by atoms with van der Waals surface area (Å²) < 4.78 is 15.1. The number of fused-ring (bicyclic) bond motifs is 1. The van der Waals surface area contributed by atoms with E-state index in [1.54, 1.807) is 30.7 Å². The highest BCUT2D eigenvalue weighted by Crippen LogP contribution is 2.29. The van der Waals surface area contributed by atoms with Gasteiger partial charge in [-0.1, -0.05) is 12.1 Å². The van der Waals surface area contributed by atoms with Crippen LogP contribution in [0.2, 0.25) is 0 Å². The summed E-state index contributed by atoms with van der Waals surface area (Å²) in [5, 5.41) is 11.5. The second-order valence-electron chi connectivity index (χ2n) is 7.00. The Hall–Kier alpha value is -3.81. The number of aromatic nitrogens is 7. The van der Waals surface area contributed by atoms with E-state index in [4.69, 9.17) is 4.98 Å². The van der Waals surface area contributed by atoms with Crippen molar-refractivity contribution in [2.45, 2.75) is 19.9 Å². The summed E-state index contributed by atoms with van der Waals surface area (Å²) in [5.74, 6) is -0.247. The van der Waals surface area contributed by atoms with Gasteiger partial charge in [-0.25, -0.2) is 14.4 Å². The van der Waals surface area contributed by atoms with E-state index in [2.05, 4.69) is 25.3 Å². The third kappa shape index (κ3) is 2.98. The molecule has 144 valence electrons. The van der Waals surface area contributed by atoms with Crippen molar-refractivity contribution in [2.24, 2.45) is 0 Å². The van der Waals surface area contributed by atoms with E-state index in [0.29, 0.717) is 5.65 Å². The van der Waals surface area contributed by atoms with E-state index in [0.717, 1.165) is 39.2 Å². The van der Waals surface area contributed by atoms with Crippen molar-refractivity contribution in [1.29, 1.82) is 0 Å². The molecule has 1 unspecified atom stereocenters. The standard InChI is InChI=1S/C21H18FN7/c1-12-17(9-25-28-12)19-10-24-21-20(27-19)18(8-23-21)15-7-26-29(11-15)13(2)14-3-5-16(22)6-4-14/h3-11,13H,1-2H3,(H,23,24)(H,25,28). The molecule has 1 atom stereocenters. The Labute approximate surface area is 165 Å². The lowest BCUT2D eigenvalue weighted by Gasteiger charge is -2.12. The Bertz CT molecular complexity index is 1300. The van der Waals surface area contributed by atoms with Crippen LogP contribution >= 0.6 is 0 Å². The second-order valence-corrected chi connectivity index (χ2v) is 7.00. The first-order chi connectivity index (χ1) is 14.1. The number of halogens is 1. The smallest absolute Gasteiger partial charge is 0.156 e. The van der Waals surface area contributed by atoms with Crippen molar-refractivity contribution in [1.82, 2.24) is 34.9 Å². The quantitative estimate of drug-likeness (QED) is 0.482. The SMILES string of the molecule is Cc1[nH]ncc1-c1cnc2[nH]cc(-c3cnn(C(C)c4ccc(F)cc4)c3)c2n1. The highest BCUT2D eigenvalue weighted by molar-refractivity contribution is 5.91. The zero-order valence-electron chi connectivity index (χ0n) is 15.9. The number of aromatic amines is 2. The molecule has 2 N–H and O–H groups in total. The minimum Gasteiger partial charge on any atom is -0.344 e. The Balaban J connectivity index is 1.53. The predicted molar refractivity (Wildman–Crippen MR) is 108 cm³/mol. The second kappa shape index (κ2) is 6.66. The van der Waals surface area contributed by atoms with E-state index < -0.39 is 0 Å². The van der Waals surface area contributed by atoms with E-state index >= 15 is 0 Å². The summed E-state index contributed by atoms with van der Waals surface area (Å²) in [7, 11) is 0. The number of nitrogens with zero attached hydrogens (tertiary/aromatic N) is 5. The minimum atomic E-state index is -0.247. The Morgan fingerprint density at radius 1 is 1.07 bits per heavy atom. The molecule has 0 saturated heterocycles. The lowest BCUT2D eigenvalue weighted by Crippen LogP contribution is -2.06. The summed E-state index contributed by atoms with van der Waals surface area (Å²) in [6, 6.07) is 6.45. The lowest BCUT2D eigenvalue weighted by molar-refractivity contribution is 0.561. The van der Waals surface area contributed by atoms with Gasteiger partial charge in [-0.05, 0) is 31.5 Å². The van der Waals surface area contributed by atoms with Gasteiger partial charge in [0.1, 0.15) is 11.3 Å². The highest BCUT2D eigenvalue weighted by Gasteiger charge is 2.15. The van der Waals surface area contributed by atoms with Crippen LogP contribution < -0.4 is 0 Å². The largest absolute Gasteiger partial charge is 0.344 e. The van der Waals surface area contributed by atoms with Crippen molar-refractivity contribution in [3.05, 3.63) is 72.3 Å². The predicted octanol–water partition coefficient (Wildman–Crippen LogP) is 4.27. The summed E-state index contributed by atoms with van der Waals surface area (Å²) >= 11 is 0. The number of rotatable bonds is 4. The van der Waals surface area contributed by atoms with Crippen molar-refractivity contribution >= 4 is 11.2 Å². The average molecular weight is 387 g/mol. The molecule has 5 rings (SSSR count). The molecular formula is C21H18FN7. The first kappa shape index (κ1) is 17.3. The van der Waals surface area contributed by atoms with Crippen molar-refractivity contribution in [3.8, 4) is 22.4 Å². The number of aryl methyl sites for hydroxylation is 1. The molecule has 7 nitrogen and oxygen atoms in total. The van der Waals surface area contributed by atoms with Gasteiger partial charge in [-0.15, -0.1) is 0 Å². The van der Waals surface area contributed by atoms with Gasteiger partial charge in [0.25, 0.3) is 0 Å². The first-order valence-electron chi connectivity index (χ1n) is 9.24. The number of benzene rings is 1. The van der Waals surface area contributed by atoms with Crippen LogP contribution in [0.1, 0.15) is 24.2 Å². The molecule has 0 saturated carbocycles. The van der Waals surface area contributed by atoms with Crippen molar-refractivity contribution in [3.63, 3.8) is 0 Å². The van der Waals surface area contributed by atoms with E-state index in [-0.39, 0.29) is 11.9 Å². The van der Waals surface area contributed by atoms with Gasteiger partial charge >= 0.3 is 0 Å². The normalized spacial score (nSPS) is 12.5. The summed E-state index contributed by atoms with van der Waals surface area (Å²) in [6.07, 6.45) is 9.15. The monoisotopic (exact) mass is 387 g/mol. The van der Waals surface area contributed by atoms with Crippen LogP contribution in [-0.2, 0) is 0 Å². The molecule has 8 heteroatoms. The Kier molecular flexibility index (Phi) is 3.97. The van der Waals surface area contributed by atoms with Crippen LogP contribution in [-0.4, -0.2) is 34.9 Å². The topological polar surface area (TPSA) is 88.1 Å². The molecule has 29 heavy (non-hydrogen) atoms. The number of nitrogens with one attached hydrogen (secondary N) is 2. The molecule has 0 amide bonds. The van der Waals surface area contributed by atoms with Crippen LogP contribution in [0, 0.1) is 12.7 Å². The average Bonchev–Trinajstić information content (AvgIpc) is 3.46. The molecule has 4 aromatic heterocycles. The van der Waals surface area contributed by atoms with E-state index in [9.17, 15) is 4.39 Å². The Morgan fingerprint density at radius 3 is 2.66 bits per heavy atom. The third-order valence-corrected chi connectivity index (χ3v) is 5.15. The van der Waals surface area contributed by atoms with Crippen molar-refractivity contribution in [2.75, 3.05) is 0 Å². The summed E-state index contributed by atoms with van der Waals surface area (Å²) in [5.41, 5.74) is 6.95. The van der Waals surface area contributed by atoms with Gasteiger partial charge in [0.2, 0.25) is 0 Å². The molecule has 0 aliphatic heterocycles. The molecule has 0 aliphatic carbocycles. The van der Waals surface area contributed by atoms with Crippen LogP contribution in [0.5, 0.6) is 0 Å². The zero-order valence-corrected chi connectivity index (χ0v) is 15.9. The molecule has 5 aromatic rings. The van der Waals surface area contributed by atoms with Gasteiger partial charge in [-0.2, -0.15) is 10.2 Å². The third-order valence-electron chi connectivity index (χ3n) is 5.15. The first-order valence-corrected chi connectivity index (χ1v) is 9.24. The molecule has 0 spiro atoms. The molecule has 1 aromatic carbocycles. The summed E-state index contributed by atoms with van der Waals surface area (Å²) in [4.78, 5) is 12.5. The van der Waals surface area contributed by atoms with E-state index in [1.807, 2.05) is 30.9 Å². The fourth-order valence-corrected chi connectivity index (χ4v) is 3.43. The summed E-state index contributed by atoms with van der Waals surface area (Å²) in [6.45, 7) is 3.98. The van der Waals surface area contributed by atoms with E-state index in [1.165, 1.54) is 12.1 Å². The molecule has 0 fully saturated rings. The fourth-order valence-electron chi connectivity index (χ4n) is 3.43. The Morgan fingerprint density at radius 2 is 1.90 bits per heavy atom. The molecule has 0 bridgehead atoms. The van der Waals surface area contributed by atoms with Crippen LogP contribution in [0.15, 0.2) is 55.2 Å². The number of hydrogen-bond donors (Lipinski definition) is 2. The molecular weight excluding hydrogens is 369 g/mol. The van der Waals surface area contributed by atoms with Gasteiger partial charge in [0, 0.05) is 34.8 Å². The number of hydrogen-bond acceptors (Lipinski definition) is 4. The fraction of sp³-hybridized carbons (Fsp3) is 0.143. The minimum absolute atomic E-state index is 0.0234. The number of H-pyrrole nitrogens is 2. The molecule has 0 aliphatic rings. The van der Waals surface area contributed by atoms with Gasteiger partial charge in [0.15, 0.2) is 5.65 Å². The molecule has 0 radical (unpaired) electrons. The van der Waals surface area contributed by atoms with Gasteiger partial charge in [0.05, 0.1) is 30.3 Å². The van der Waals surface area contributed by atoms with Gasteiger partial charge in [-0.3, -0.25) is 9.78 Å². The van der Waals surface area contributed by atoms with Crippen molar-refractivity contribution < 1.29 is 4.39 Å². The molecule has 4 heterocycles. The maximum atomic E-state index is 13.2. The lowest BCUT2D eigenvalue weighted by atomic mass is 10.1.